The Morgan fingerprint density at radius 2 is 1.51 bits per heavy atom. The Balaban J connectivity index is 1.28. The van der Waals surface area contributed by atoms with Gasteiger partial charge in [-0.15, -0.1) is 0 Å². The summed E-state index contributed by atoms with van der Waals surface area (Å²) in [4.78, 5) is 25.0. The van der Waals surface area contributed by atoms with Crippen molar-refractivity contribution in [2.45, 2.75) is 121 Å². The van der Waals surface area contributed by atoms with Crippen LogP contribution in [0.25, 0.3) is 0 Å². The van der Waals surface area contributed by atoms with Crippen LogP contribution in [0.5, 0.6) is 11.5 Å². The average molecular weight is 655 g/mol. The number of methoxy groups -OCH3 is 2. The predicted octanol–water partition coefficient (Wildman–Crippen LogP) is 5.75. The second-order valence-corrected chi connectivity index (χ2v) is 13.2. The first kappa shape index (κ1) is 35.3. The van der Waals surface area contributed by atoms with Crippen LogP contribution in [-0.2, 0) is 51.2 Å². The van der Waals surface area contributed by atoms with E-state index in [1.54, 1.807) is 21.1 Å². The highest BCUT2D eigenvalue weighted by Crippen LogP contribution is 2.48. The summed E-state index contributed by atoms with van der Waals surface area (Å²) in [5.41, 5.74) is 0.636. The highest BCUT2D eigenvalue weighted by atomic mass is 16.6. The fraction of sp³-hybridized carbons (Fsp3) is 0.622. The molecule has 3 aliphatic heterocycles. The average Bonchev–Trinajstić information content (AvgIpc) is 3.18. The standard InChI is InChI=1S/C37H50O10/c1-6-43-35(39)9-7-8-30-29(38)20-34-37(3,46-30)24-36(2)33(45-34)19-18-31(44-22-26-12-16-28(41-5)17-13-26)32(47-36)23-42-21-25-10-14-27(40-4)15-11-25/h10-17,30-34H,6-9,18-24H2,1-5H3/t30-,31+,32-,33-,34+,36+,37-/m0/s1. The number of fused-ring (bicyclic) bond motifs is 2. The van der Waals surface area contributed by atoms with E-state index in [2.05, 4.69) is 6.92 Å². The van der Waals surface area contributed by atoms with E-state index in [9.17, 15) is 9.59 Å². The summed E-state index contributed by atoms with van der Waals surface area (Å²) in [5.74, 6) is 1.35. The zero-order valence-corrected chi connectivity index (χ0v) is 28.4. The Labute approximate surface area is 278 Å². The van der Waals surface area contributed by atoms with Gasteiger partial charge in [-0.05, 0) is 81.8 Å². The van der Waals surface area contributed by atoms with Gasteiger partial charge >= 0.3 is 5.97 Å². The quantitative estimate of drug-likeness (QED) is 0.234. The minimum Gasteiger partial charge on any atom is -0.497 e. The molecule has 0 spiro atoms. The topological polar surface area (TPSA) is 108 Å². The lowest BCUT2D eigenvalue weighted by atomic mass is 9.74. The molecular weight excluding hydrogens is 604 g/mol. The van der Waals surface area contributed by atoms with Gasteiger partial charge in [-0.2, -0.15) is 0 Å². The fourth-order valence-electron chi connectivity index (χ4n) is 7.07. The molecule has 2 aromatic carbocycles. The molecule has 258 valence electrons. The maximum Gasteiger partial charge on any atom is 0.305 e. The first-order valence-corrected chi connectivity index (χ1v) is 16.8. The van der Waals surface area contributed by atoms with Crippen LogP contribution in [0.4, 0.5) is 0 Å². The molecule has 0 bridgehead atoms. The van der Waals surface area contributed by atoms with Gasteiger partial charge in [-0.3, -0.25) is 9.59 Å². The van der Waals surface area contributed by atoms with Gasteiger partial charge < -0.3 is 37.9 Å². The van der Waals surface area contributed by atoms with E-state index in [-0.39, 0.29) is 49.0 Å². The smallest absolute Gasteiger partial charge is 0.305 e. The summed E-state index contributed by atoms with van der Waals surface area (Å²) in [5, 5.41) is 0. The van der Waals surface area contributed by atoms with Crippen molar-refractivity contribution in [1.82, 2.24) is 0 Å². The Morgan fingerprint density at radius 3 is 2.15 bits per heavy atom. The number of hydrogen-bond acceptors (Lipinski definition) is 10. The maximum absolute atomic E-state index is 13.1. The molecule has 3 heterocycles. The summed E-state index contributed by atoms with van der Waals surface area (Å²) < 4.78 is 48.7. The minimum atomic E-state index is -0.730. The van der Waals surface area contributed by atoms with Gasteiger partial charge in [-0.25, -0.2) is 0 Å². The highest BCUT2D eigenvalue weighted by molar-refractivity contribution is 5.84. The van der Waals surface area contributed by atoms with Gasteiger partial charge in [0.2, 0.25) is 0 Å². The highest BCUT2D eigenvalue weighted by Gasteiger charge is 2.58. The number of carbonyl (C=O) groups excluding carboxylic acids is 2. The number of hydrogen-bond donors (Lipinski definition) is 0. The molecule has 0 radical (unpaired) electrons. The molecule has 7 atom stereocenters. The fourth-order valence-corrected chi connectivity index (χ4v) is 7.07. The summed E-state index contributed by atoms with van der Waals surface area (Å²) in [6.45, 7) is 7.39. The van der Waals surface area contributed by atoms with Gasteiger partial charge in [0.1, 0.15) is 23.7 Å². The molecule has 3 fully saturated rings. The lowest BCUT2D eigenvalue weighted by Crippen LogP contribution is -2.65. The number of carbonyl (C=O) groups is 2. The van der Waals surface area contributed by atoms with E-state index in [1.807, 2.05) is 55.5 Å². The van der Waals surface area contributed by atoms with E-state index in [1.165, 1.54) is 0 Å². The molecule has 3 aliphatic rings. The SMILES string of the molecule is CCOC(=O)CCC[C@@H]1O[C@@]2(C)C[C@@]3(C)O[C@@H](COCc4ccc(OC)cc4)[C@H](OCc4ccc(OC)cc4)CC[C@@H]3O[C@@H]2CC1=O. The van der Waals surface area contributed by atoms with E-state index < -0.39 is 17.3 Å². The summed E-state index contributed by atoms with van der Waals surface area (Å²) in [7, 11) is 3.30. The van der Waals surface area contributed by atoms with Crippen LogP contribution in [0.1, 0.15) is 76.8 Å². The largest absolute Gasteiger partial charge is 0.497 e. The number of rotatable bonds is 14. The second-order valence-electron chi connectivity index (χ2n) is 13.2. The minimum absolute atomic E-state index is 0.0139. The zero-order chi connectivity index (χ0) is 33.4. The van der Waals surface area contributed by atoms with Crippen LogP contribution in [0, 0.1) is 0 Å². The Kier molecular flexibility index (Phi) is 12.0. The number of ether oxygens (including phenoxy) is 8. The van der Waals surface area contributed by atoms with Gasteiger partial charge in [0.25, 0.3) is 0 Å². The van der Waals surface area contributed by atoms with E-state index in [0.29, 0.717) is 58.5 Å². The molecule has 0 aromatic heterocycles. The van der Waals surface area contributed by atoms with Crippen molar-refractivity contribution in [3.63, 3.8) is 0 Å². The first-order chi connectivity index (χ1) is 22.6. The van der Waals surface area contributed by atoms with Gasteiger partial charge in [0, 0.05) is 19.3 Å². The Bertz CT molecular complexity index is 1310. The third kappa shape index (κ3) is 8.91. The summed E-state index contributed by atoms with van der Waals surface area (Å²) in [6.07, 6.45) is 1.68. The lowest BCUT2D eigenvalue weighted by Gasteiger charge is -2.55. The van der Waals surface area contributed by atoms with Crippen molar-refractivity contribution in [2.75, 3.05) is 27.4 Å². The molecule has 3 saturated heterocycles. The lowest BCUT2D eigenvalue weighted by molar-refractivity contribution is -0.297. The molecule has 5 rings (SSSR count). The van der Waals surface area contributed by atoms with Crippen molar-refractivity contribution in [3.05, 3.63) is 59.7 Å². The monoisotopic (exact) mass is 654 g/mol. The van der Waals surface area contributed by atoms with Crippen LogP contribution in [0.15, 0.2) is 48.5 Å². The van der Waals surface area contributed by atoms with Crippen LogP contribution >= 0.6 is 0 Å². The maximum atomic E-state index is 13.1. The predicted molar refractivity (Wildman–Crippen MR) is 173 cm³/mol. The molecule has 10 nitrogen and oxygen atoms in total. The third-order valence-corrected chi connectivity index (χ3v) is 9.58. The van der Waals surface area contributed by atoms with E-state index in [0.717, 1.165) is 22.6 Å². The Morgan fingerprint density at radius 1 is 0.872 bits per heavy atom. The van der Waals surface area contributed by atoms with Crippen LogP contribution in [0.2, 0.25) is 0 Å². The zero-order valence-electron chi connectivity index (χ0n) is 28.4. The molecule has 0 amide bonds. The first-order valence-electron chi connectivity index (χ1n) is 16.8. The van der Waals surface area contributed by atoms with Crippen molar-refractivity contribution >= 4 is 11.8 Å². The third-order valence-electron chi connectivity index (χ3n) is 9.58. The normalized spacial score (nSPS) is 30.5. The molecule has 2 aromatic rings. The summed E-state index contributed by atoms with van der Waals surface area (Å²) >= 11 is 0. The van der Waals surface area contributed by atoms with Crippen molar-refractivity contribution < 1.29 is 47.5 Å². The van der Waals surface area contributed by atoms with Gasteiger partial charge in [-0.1, -0.05) is 24.3 Å². The van der Waals surface area contributed by atoms with Gasteiger partial charge in [0.15, 0.2) is 5.78 Å². The van der Waals surface area contributed by atoms with Crippen LogP contribution < -0.4 is 9.47 Å². The van der Waals surface area contributed by atoms with Crippen LogP contribution in [-0.4, -0.2) is 80.9 Å². The molecule has 0 aliphatic carbocycles. The van der Waals surface area contributed by atoms with Crippen molar-refractivity contribution in [2.24, 2.45) is 0 Å². The van der Waals surface area contributed by atoms with Crippen LogP contribution in [0.3, 0.4) is 0 Å². The summed E-state index contributed by atoms with van der Waals surface area (Å²) in [6, 6.07) is 15.7. The number of ketones is 1. The van der Waals surface area contributed by atoms with E-state index >= 15 is 0 Å². The second kappa shape index (κ2) is 15.9. The number of Topliss-reactive ketones (excluding diaryl/α,β-unsaturated/α-hetero) is 1. The molecular formula is C37H50O10. The molecule has 0 N–H and O–H groups in total. The van der Waals surface area contributed by atoms with E-state index in [4.69, 9.17) is 37.9 Å². The van der Waals surface area contributed by atoms with Crippen molar-refractivity contribution in [1.29, 1.82) is 0 Å². The molecule has 0 unspecified atom stereocenters. The molecule has 10 heteroatoms. The van der Waals surface area contributed by atoms with Crippen molar-refractivity contribution in [3.8, 4) is 11.5 Å². The number of esters is 1. The molecule has 0 saturated carbocycles. The van der Waals surface area contributed by atoms with Gasteiger partial charge in [0.05, 0.1) is 70.2 Å². The number of benzene rings is 2. The molecule has 47 heavy (non-hydrogen) atoms. The Hall–Kier alpha value is -3.02.